The Kier molecular flexibility index (Phi) is 6.57. The van der Waals surface area contributed by atoms with Crippen LogP contribution in [0.15, 0.2) is 54.1 Å². The van der Waals surface area contributed by atoms with Crippen LogP contribution in [0.4, 0.5) is 0 Å². The van der Waals surface area contributed by atoms with Crippen molar-refractivity contribution in [3.63, 3.8) is 0 Å². The maximum Gasteiger partial charge on any atom is 0.295 e. The SMILES string of the molecule is COCCN1C(=O)C(=O)/C(=C(/O)c2cccc(OC(C)C)c2)C1c1ccccc1C. The fraction of sp³-hybridized carbons (Fsp3) is 0.333. The van der Waals surface area contributed by atoms with E-state index in [0.717, 1.165) is 11.1 Å². The standard InChI is InChI=1S/C24H27NO5/c1-15(2)30-18-10-7-9-17(14-18)22(26)20-21(19-11-6-5-8-16(19)3)25(12-13-29-4)24(28)23(20)27/h5-11,14-15,21,26H,12-13H2,1-4H3/b22-20+. The van der Waals surface area contributed by atoms with Gasteiger partial charge in [-0.2, -0.15) is 0 Å². The summed E-state index contributed by atoms with van der Waals surface area (Å²) < 4.78 is 10.8. The molecule has 0 spiro atoms. The molecule has 0 aliphatic carbocycles. The molecule has 158 valence electrons. The Morgan fingerprint density at radius 1 is 1.13 bits per heavy atom. The van der Waals surface area contributed by atoms with Crippen LogP contribution in [0, 0.1) is 6.92 Å². The van der Waals surface area contributed by atoms with Crippen LogP contribution in [0.25, 0.3) is 5.76 Å². The molecule has 30 heavy (non-hydrogen) atoms. The number of methoxy groups -OCH3 is 1. The molecule has 1 amide bonds. The minimum absolute atomic E-state index is 0.0333. The van der Waals surface area contributed by atoms with Gasteiger partial charge < -0.3 is 19.5 Å². The van der Waals surface area contributed by atoms with Crippen molar-refractivity contribution in [2.24, 2.45) is 0 Å². The number of carbonyl (C=O) groups excluding carboxylic acids is 2. The number of ketones is 1. The molecular weight excluding hydrogens is 382 g/mol. The molecule has 6 nitrogen and oxygen atoms in total. The van der Waals surface area contributed by atoms with Gasteiger partial charge in [0.2, 0.25) is 0 Å². The average Bonchev–Trinajstić information content (AvgIpc) is 2.96. The monoisotopic (exact) mass is 409 g/mol. The first-order chi connectivity index (χ1) is 14.3. The molecule has 3 rings (SSSR count). The normalized spacial score (nSPS) is 18.3. The lowest BCUT2D eigenvalue weighted by Gasteiger charge is -2.26. The molecule has 1 unspecified atom stereocenters. The van der Waals surface area contributed by atoms with Crippen molar-refractivity contribution in [3.8, 4) is 5.75 Å². The number of ether oxygens (including phenoxy) is 2. The van der Waals surface area contributed by atoms with Crippen LogP contribution in [-0.2, 0) is 14.3 Å². The fourth-order valence-electron chi connectivity index (χ4n) is 3.66. The molecule has 2 aromatic carbocycles. The Balaban J connectivity index is 2.15. The second kappa shape index (κ2) is 9.13. The van der Waals surface area contributed by atoms with Crippen LogP contribution >= 0.6 is 0 Å². The van der Waals surface area contributed by atoms with Gasteiger partial charge in [0, 0.05) is 19.2 Å². The molecule has 0 bridgehead atoms. The number of aryl methyl sites for hydroxylation is 1. The van der Waals surface area contributed by atoms with Crippen molar-refractivity contribution in [2.75, 3.05) is 20.3 Å². The molecule has 2 aromatic rings. The van der Waals surface area contributed by atoms with Gasteiger partial charge >= 0.3 is 0 Å². The highest BCUT2D eigenvalue weighted by Crippen LogP contribution is 2.40. The van der Waals surface area contributed by atoms with E-state index in [1.165, 1.54) is 4.90 Å². The third kappa shape index (κ3) is 4.24. The first-order valence-corrected chi connectivity index (χ1v) is 9.95. The van der Waals surface area contributed by atoms with Gasteiger partial charge in [0.1, 0.15) is 11.5 Å². The summed E-state index contributed by atoms with van der Waals surface area (Å²) in [4.78, 5) is 27.3. The summed E-state index contributed by atoms with van der Waals surface area (Å²) in [6.07, 6.45) is -0.0333. The second-order valence-electron chi connectivity index (χ2n) is 7.54. The first-order valence-electron chi connectivity index (χ1n) is 9.95. The summed E-state index contributed by atoms with van der Waals surface area (Å²) in [5, 5.41) is 11.1. The Morgan fingerprint density at radius 3 is 2.53 bits per heavy atom. The van der Waals surface area contributed by atoms with Crippen LogP contribution in [-0.4, -0.2) is 48.1 Å². The lowest BCUT2D eigenvalue weighted by atomic mass is 9.92. The Hall–Kier alpha value is -3.12. The molecule has 1 saturated heterocycles. The number of aliphatic hydroxyl groups excluding tert-OH is 1. The number of rotatable bonds is 7. The van der Waals surface area contributed by atoms with Crippen LogP contribution < -0.4 is 4.74 Å². The molecular formula is C24H27NO5. The van der Waals surface area contributed by atoms with Crippen molar-refractivity contribution in [1.29, 1.82) is 0 Å². The fourth-order valence-corrected chi connectivity index (χ4v) is 3.66. The van der Waals surface area contributed by atoms with Crippen LogP contribution in [0.2, 0.25) is 0 Å². The van der Waals surface area contributed by atoms with Gasteiger partial charge in [-0.25, -0.2) is 0 Å². The van der Waals surface area contributed by atoms with Crippen LogP contribution in [0.5, 0.6) is 5.75 Å². The number of nitrogens with zero attached hydrogens (tertiary/aromatic N) is 1. The summed E-state index contributed by atoms with van der Waals surface area (Å²) in [7, 11) is 1.54. The Labute approximate surface area is 176 Å². The maximum atomic E-state index is 13.0. The van der Waals surface area contributed by atoms with Gasteiger partial charge in [0.05, 0.1) is 24.3 Å². The molecule has 1 heterocycles. The van der Waals surface area contributed by atoms with E-state index in [4.69, 9.17) is 9.47 Å². The van der Waals surface area contributed by atoms with Crippen molar-refractivity contribution in [3.05, 3.63) is 70.8 Å². The quantitative estimate of drug-likeness (QED) is 0.427. The molecule has 6 heteroatoms. The van der Waals surface area contributed by atoms with E-state index >= 15 is 0 Å². The molecule has 0 radical (unpaired) electrons. The summed E-state index contributed by atoms with van der Waals surface area (Å²) in [5.74, 6) is -0.977. The number of hydrogen-bond acceptors (Lipinski definition) is 5. The third-order valence-corrected chi connectivity index (χ3v) is 5.04. The lowest BCUT2D eigenvalue weighted by Crippen LogP contribution is -2.32. The highest BCUT2D eigenvalue weighted by atomic mass is 16.5. The van der Waals surface area contributed by atoms with Gasteiger partial charge in [-0.15, -0.1) is 0 Å². The Bertz CT molecular complexity index is 979. The van der Waals surface area contributed by atoms with E-state index in [-0.39, 0.29) is 30.6 Å². The zero-order valence-electron chi connectivity index (χ0n) is 17.7. The largest absolute Gasteiger partial charge is 0.507 e. The summed E-state index contributed by atoms with van der Waals surface area (Å²) in [6, 6.07) is 13.8. The molecule has 1 N–H and O–H groups in total. The van der Waals surface area contributed by atoms with Gasteiger partial charge in [-0.1, -0.05) is 36.4 Å². The van der Waals surface area contributed by atoms with Crippen molar-refractivity contribution in [1.82, 2.24) is 4.90 Å². The van der Waals surface area contributed by atoms with E-state index < -0.39 is 17.7 Å². The zero-order chi connectivity index (χ0) is 21.8. The molecule has 0 aromatic heterocycles. The molecule has 0 saturated carbocycles. The first kappa shape index (κ1) is 21.6. The van der Waals surface area contributed by atoms with E-state index in [2.05, 4.69) is 0 Å². The minimum Gasteiger partial charge on any atom is -0.507 e. The van der Waals surface area contributed by atoms with Crippen LogP contribution in [0.1, 0.15) is 36.6 Å². The number of aliphatic hydroxyl groups is 1. The van der Waals surface area contributed by atoms with E-state index in [1.54, 1.807) is 31.4 Å². The number of hydrogen-bond donors (Lipinski definition) is 1. The van der Waals surface area contributed by atoms with E-state index in [0.29, 0.717) is 11.3 Å². The number of Topliss-reactive ketones (excluding diaryl/α,β-unsaturated/α-hetero) is 1. The van der Waals surface area contributed by atoms with E-state index in [9.17, 15) is 14.7 Å². The van der Waals surface area contributed by atoms with Gasteiger partial charge in [0.25, 0.3) is 11.7 Å². The average molecular weight is 409 g/mol. The lowest BCUT2D eigenvalue weighted by molar-refractivity contribution is -0.140. The molecule has 1 aliphatic rings. The van der Waals surface area contributed by atoms with Crippen LogP contribution in [0.3, 0.4) is 0 Å². The predicted octanol–water partition coefficient (Wildman–Crippen LogP) is 3.85. The van der Waals surface area contributed by atoms with E-state index in [1.807, 2.05) is 45.0 Å². The van der Waals surface area contributed by atoms with Gasteiger partial charge in [0.15, 0.2) is 0 Å². The molecule has 1 aliphatic heterocycles. The minimum atomic E-state index is -0.702. The van der Waals surface area contributed by atoms with Gasteiger partial charge in [-0.3, -0.25) is 9.59 Å². The van der Waals surface area contributed by atoms with Crippen molar-refractivity contribution >= 4 is 17.4 Å². The smallest absolute Gasteiger partial charge is 0.295 e. The van der Waals surface area contributed by atoms with Gasteiger partial charge in [-0.05, 0) is 44.0 Å². The van der Waals surface area contributed by atoms with Crippen molar-refractivity contribution in [2.45, 2.75) is 32.9 Å². The summed E-state index contributed by atoms with van der Waals surface area (Å²) >= 11 is 0. The zero-order valence-corrected chi connectivity index (χ0v) is 17.7. The second-order valence-corrected chi connectivity index (χ2v) is 7.54. The number of likely N-dealkylation sites (tertiary alicyclic amines) is 1. The summed E-state index contributed by atoms with van der Waals surface area (Å²) in [6.45, 7) is 6.27. The molecule has 1 fully saturated rings. The predicted molar refractivity (Wildman–Crippen MR) is 114 cm³/mol. The Morgan fingerprint density at radius 2 is 1.87 bits per heavy atom. The third-order valence-electron chi connectivity index (χ3n) is 5.04. The molecule has 1 atom stereocenters. The maximum absolute atomic E-state index is 13.0. The highest BCUT2D eigenvalue weighted by molar-refractivity contribution is 6.46. The number of amides is 1. The van der Waals surface area contributed by atoms with Crippen molar-refractivity contribution < 1.29 is 24.2 Å². The summed E-state index contributed by atoms with van der Waals surface area (Å²) in [5.41, 5.74) is 2.22. The number of benzene rings is 2. The highest BCUT2D eigenvalue weighted by Gasteiger charge is 2.46. The topological polar surface area (TPSA) is 76.1 Å². The number of carbonyl (C=O) groups is 2.